The maximum absolute atomic E-state index is 5.33. The van der Waals surface area contributed by atoms with Crippen LogP contribution in [0.4, 0.5) is 0 Å². The lowest BCUT2D eigenvalue weighted by Gasteiger charge is -2.26. The smallest absolute Gasteiger partial charge is 0.235 e. The standard InChI is InChI=1S/C50H40N4/c1-31-26-32(2)28-37(27-31)53-46-24-22-36(30-42(46)48-38-15-7-6-12-33(38)20-25-47(48)53)35-21-23-45-41(29-35)39-16-9-11-19-44(39)54(45)50-51-43-18-10-8-17-40(43)49(52-50)34-13-4-3-5-14-34/h3-4,6-13,15-19,21-24,26-27,29-30,37H,5,14,20,25,28H2,1-2H3. The van der Waals surface area contributed by atoms with E-state index < -0.39 is 0 Å². The first-order chi connectivity index (χ1) is 26.6. The van der Waals surface area contributed by atoms with E-state index in [-0.39, 0.29) is 0 Å². The fourth-order valence-electron chi connectivity index (χ4n) is 9.64. The molecular formula is C50H40N4. The van der Waals surface area contributed by atoms with Gasteiger partial charge in [0, 0.05) is 38.3 Å². The van der Waals surface area contributed by atoms with Gasteiger partial charge in [0.2, 0.25) is 5.95 Å². The van der Waals surface area contributed by atoms with E-state index in [1.54, 1.807) is 0 Å². The Morgan fingerprint density at radius 2 is 1.43 bits per heavy atom. The fourth-order valence-corrected chi connectivity index (χ4v) is 9.64. The summed E-state index contributed by atoms with van der Waals surface area (Å²) in [6.45, 7) is 4.52. The lowest BCUT2D eigenvalue weighted by molar-refractivity contribution is 0.581. The highest BCUT2D eigenvalue weighted by molar-refractivity contribution is 6.11. The lowest BCUT2D eigenvalue weighted by Crippen LogP contribution is -2.15. The SMILES string of the molecule is CC1=CC(n2c3c(c4cc(-c5ccc6c(c5)c5ccccc5n6-c5nc(C6=CC=CCC6)c6ccccc6n5)ccc42)-c2ccccc2CC3)CC(C)=C1. The van der Waals surface area contributed by atoms with Gasteiger partial charge in [-0.05, 0) is 110 Å². The van der Waals surface area contributed by atoms with Crippen molar-refractivity contribution in [3.8, 4) is 28.2 Å². The van der Waals surface area contributed by atoms with Gasteiger partial charge in [-0.2, -0.15) is 0 Å². The van der Waals surface area contributed by atoms with Crippen molar-refractivity contribution >= 4 is 49.2 Å². The second-order valence-corrected chi connectivity index (χ2v) is 15.4. The van der Waals surface area contributed by atoms with Gasteiger partial charge in [-0.1, -0.05) is 114 Å². The molecule has 3 aliphatic rings. The minimum absolute atomic E-state index is 0.323. The van der Waals surface area contributed by atoms with Gasteiger partial charge in [0.05, 0.1) is 28.3 Å². The Kier molecular flexibility index (Phi) is 7.03. The molecule has 0 N–H and O–H groups in total. The Balaban J connectivity index is 1.10. The molecule has 3 heterocycles. The molecule has 4 nitrogen and oxygen atoms in total. The maximum Gasteiger partial charge on any atom is 0.235 e. The van der Waals surface area contributed by atoms with Crippen LogP contribution in [-0.2, 0) is 12.8 Å². The van der Waals surface area contributed by atoms with E-state index in [0.29, 0.717) is 12.0 Å². The van der Waals surface area contributed by atoms with Crippen LogP contribution in [0.2, 0.25) is 0 Å². The van der Waals surface area contributed by atoms with E-state index in [1.807, 2.05) is 0 Å². The monoisotopic (exact) mass is 696 g/mol. The summed E-state index contributed by atoms with van der Waals surface area (Å²) < 4.78 is 4.93. The fraction of sp³-hybridized carbons (Fsp3) is 0.160. The largest absolute Gasteiger partial charge is 0.337 e. The summed E-state index contributed by atoms with van der Waals surface area (Å²) >= 11 is 0. The molecule has 4 heteroatoms. The third-order valence-electron chi connectivity index (χ3n) is 11.9. The van der Waals surface area contributed by atoms with E-state index in [9.17, 15) is 0 Å². The second-order valence-electron chi connectivity index (χ2n) is 15.4. The van der Waals surface area contributed by atoms with Crippen LogP contribution >= 0.6 is 0 Å². The van der Waals surface area contributed by atoms with Crippen molar-refractivity contribution in [3.63, 3.8) is 0 Å². The number of para-hydroxylation sites is 2. The normalized spacial score (nSPS) is 16.8. The van der Waals surface area contributed by atoms with Gasteiger partial charge >= 0.3 is 0 Å². The van der Waals surface area contributed by atoms with Gasteiger partial charge in [0.15, 0.2) is 0 Å². The number of fused-ring (bicyclic) bond motifs is 9. The molecule has 1 unspecified atom stereocenters. The van der Waals surface area contributed by atoms with Crippen molar-refractivity contribution in [1.82, 2.24) is 19.1 Å². The first-order valence-corrected chi connectivity index (χ1v) is 19.4. The Morgan fingerprint density at radius 3 is 2.28 bits per heavy atom. The number of aromatic nitrogens is 4. The third-order valence-corrected chi connectivity index (χ3v) is 11.9. The number of hydrogen-bond donors (Lipinski definition) is 0. The summed E-state index contributed by atoms with van der Waals surface area (Å²) in [7, 11) is 0. The third kappa shape index (κ3) is 4.83. The summed E-state index contributed by atoms with van der Waals surface area (Å²) in [5, 5.41) is 4.85. The predicted molar refractivity (Wildman–Crippen MR) is 225 cm³/mol. The lowest BCUT2D eigenvalue weighted by atomic mass is 9.87. The number of allylic oxidation sites excluding steroid dienone is 8. The van der Waals surface area contributed by atoms with Crippen LogP contribution in [0.1, 0.15) is 56.1 Å². The first-order valence-electron chi connectivity index (χ1n) is 19.4. The van der Waals surface area contributed by atoms with Crippen molar-refractivity contribution in [1.29, 1.82) is 0 Å². The minimum Gasteiger partial charge on any atom is -0.337 e. The quantitative estimate of drug-likeness (QED) is 0.184. The molecule has 54 heavy (non-hydrogen) atoms. The first kappa shape index (κ1) is 31.3. The summed E-state index contributed by atoms with van der Waals surface area (Å²) in [4.78, 5) is 10.5. The van der Waals surface area contributed by atoms with Gasteiger partial charge < -0.3 is 4.57 Å². The van der Waals surface area contributed by atoms with Crippen LogP contribution < -0.4 is 0 Å². The number of hydrogen-bond acceptors (Lipinski definition) is 2. The molecule has 5 aromatic carbocycles. The number of nitrogens with zero attached hydrogens (tertiary/aromatic N) is 4. The van der Waals surface area contributed by atoms with E-state index in [0.717, 1.165) is 59.7 Å². The van der Waals surface area contributed by atoms with Gasteiger partial charge in [-0.15, -0.1) is 0 Å². The summed E-state index contributed by atoms with van der Waals surface area (Å²) in [6, 6.07) is 40.6. The molecule has 0 aliphatic heterocycles. The van der Waals surface area contributed by atoms with Crippen molar-refractivity contribution in [2.45, 2.75) is 52.0 Å². The Labute approximate surface area is 315 Å². The van der Waals surface area contributed by atoms with Gasteiger partial charge in [-0.25, -0.2) is 9.97 Å². The van der Waals surface area contributed by atoms with E-state index in [4.69, 9.17) is 9.97 Å². The Morgan fingerprint density at radius 1 is 0.667 bits per heavy atom. The Hall–Kier alpha value is -6.26. The summed E-state index contributed by atoms with van der Waals surface area (Å²) in [5.41, 5.74) is 17.8. The molecule has 8 aromatic rings. The van der Waals surface area contributed by atoms with Gasteiger partial charge in [0.1, 0.15) is 0 Å². The maximum atomic E-state index is 5.33. The molecule has 0 spiro atoms. The van der Waals surface area contributed by atoms with Gasteiger partial charge in [-0.3, -0.25) is 4.57 Å². The number of benzene rings is 5. The molecule has 11 rings (SSSR count). The van der Waals surface area contributed by atoms with Crippen LogP contribution in [0, 0.1) is 0 Å². The van der Waals surface area contributed by atoms with Crippen LogP contribution in [0.5, 0.6) is 0 Å². The van der Waals surface area contributed by atoms with Crippen LogP contribution in [0.25, 0.3) is 77.4 Å². The van der Waals surface area contributed by atoms with Crippen LogP contribution in [0.3, 0.4) is 0 Å². The average Bonchev–Trinajstić information content (AvgIpc) is 3.73. The van der Waals surface area contributed by atoms with Crippen molar-refractivity contribution in [3.05, 3.63) is 168 Å². The molecule has 0 amide bonds. The van der Waals surface area contributed by atoms with E-state index in [1.165, 1.54) is 71.9 Å². The van der Waals surface area contributed by atoms with E-state index >= 15 is 0 Å². The van der Waals surface area contributed by atoms with Crippen molar-refractivity contribution in [2.24, 2.45) is 0 Å². The molecular weight excluding hydrogens is 657 g/mol. The van der Waals surface area contributed by atoms with Crippen molar-refractivity contribution < 1.29 is 0 Å². The van der Waals surface area contributed by atoms with Crippen LogP contribution in [-0.4, -0.2) is 19.1 Å². The zero-order valence-corrected chi connectivity index (χ0v) is 30.7. The Bertz CT molecular complexity index is 3000. The number of rotatable bonds is 4. The molecule has 3 aliphatic carbocycles. The second kappa shape index (κ2) is 12.1. The molecule has 0 saturated carbocycles. The molecule has 1 atom stereocenters. The summed E-state index contributed by atoms with van der Waals surface area (Å²) in [6.07, 6.45) is 16.6. The molecule has 0 radical (unpaired) electrons. The van der Waals surface area contributed by atoms with Gasteiger partial charge in [0.25, 0.3) is 0 Å². The molecule has 3 aromatic heterocycles. The molecule has 0 saturated heterocycles. The van der Waals surface area contributed by atoms with Crippen LogP contribution in [0.15, 0.2) is 151 Å². The molecule has 0 bridgehead atoms. The average molecular weight is 697 g/mol. The minimum atomic E-state index is 0.323. The molecule has 0 fully saturated rings. The zero-order valence-electron chi connectivity index (χ0n) is 30.7. The summed E-state index contributed by atoms with van der Waals surface area (Å²) in [5.74, 6) is 0.711. The predicted octanol–water partition coefficient (Wildman–Crippen LogP) is 12.7. The van der Waals surface area contributed by atoms with Crippen molar-refractivity contribution in [2.75, 3.05) is 0 Å². The highest BCUT2D eigenvalue weighted by Gasteiger charge is 2.28. The van der Waals surface area contributed by atoms with E-state index in [2.05, 4.69) is 163 Å². The zero-order chi connectivity index (χ0) is 35.9. The highest BCUT2D eigenvalue weighted by atomic mass is 15.2. The number of aryl methyl sites for hydroxylation is 1. The highest BCUT2D eigenvalue weighted by Crippen LogP contribution is 2.46. The molecule has 260 valence electrons. The topological polar surface area (TPSA) is 35.6 Å².